The van der Waals surface area contributed by atoms with Crippen LogP contribution in [0.3, 0.4) is 0 Å². The Hall–Kier alpha value is -2.70. The van der Waals surface area contributed by atoms with Crippen LogP contribution in [0.4, 0.5) is 5.13 Å². The standard InChI is InChI=1S/C28H29N3OS.BrH/c1-18(2)14-21-8-11-22(12-9-21)24-16-26(27-6-5-13-32-27)31(30-24)28-29-25(17-33-28)23-10-7-19(3)20(4)15-23;/h5-13,15,17-18,26H,14,16H2,1-4H3;1H. The summed E-state index contributed by atoms with van der Waals surface area (Å²) in [4.78, 5) is 4.96. The number of rotatable bonds is 6. The van der Waals surface area contributed by atoms with E-state index in [1.165, 1.54) is 16.7 Å². The number of hydrogen-bond donors (Lipinski definition) is 0. The molecule has 2 aromatic heterocycles. The largest absolute Gasteiger partial charge is 0.467 e. The number of hydrogen-bond acceptors (Lipinski definition) is 5. The van der Waals surface area contributed by atoms with E-state index in [-0.39, 0.29) is 23.0 Å². The average molecular weight is 537 g/mol. The second kappa shape index (κ2) is 10.3. The van der Waals surface area contributed by atoms with Crippen LogP contribution in [0.1, 0.15) is 54.3 Å². The molecular weight excluding hydrogens is 506 g/mol. The highest BCUT2D eigenvalue weighted by Gasteiger charge is 2.33. The topological polar surface area (TPSA) is 41.6 Å². The zero-order valence-corrected chi connectivity index (χ0v) is 22.5. The summed E-state index contributed by atoms with van der Waals surface area (Å²) in [5.41, 5.74) is 8.28. The van der Waals surface area contributed by atoms with Gasteiger partial charge >= 0.3 is 0 Å². The minimum absolute atomic E-state index is 0. The van der Waals surface area contributed by atoms with Gasteiger partial charge in [-0.3, -0.25) is 0 Å². The van der Waals surface area contributed by atoms with Gasteiger partial charge in [0.25, 0.3) is 0 Å². The smallest absolute Gasteiger partial charge is 0.207 e. The monoisotopic (exact) mass is 535 g/mol. The highest BCUT2D eigenvalue weighted by atomic mass is 79.9. The molecule has 1 unspecified atom stereocenters. The first-order valence-corrected chi connectivity index (χ1v) is 12.4. The summed E-state index contributed by atoms with van der Waals surface area (Å²) in [6.07, 6.45) is 3.61. The third-order valence-corrected chi connectivity index (χ3v) is 7.03. The third-order valence-electron chi connectivity index (χ3n) is 6.20. The van der Waals surface area contributed by atoms with Crippen LogP contribution in [0.25, 0.3) is 11.3 Å². The molecule has 5 rings (SSSR count). The maximum atomic E-state index is 5.80. The number of furan rings is 1. The van der Waals surface area contributed by atoms with Gasteiger partial charge in [0.1, 0.15) is 11.8 Å². The Morgan fingerprint density at radius 3 is 2.47 bits per heavy atom. The fourth-order valence-electron chi connectivity index (χ4n) is 4.27. The van der Waals surface area contributed by atoms with Gasteiger partial charge in [0.2, 0.25) is 5.13 Å². The predicted molar refractivity (Wildman–Crippen MR) is 147 cm³/mol. The second-order valence-corrected chi connectivity index (χ2v) is 10.1. The predicted octanol–water partition coefficient (Wildman–Crippen LogP) is 8.15. The molecule has 0 radical (unpaired) electrons. The van der Waals surface area contributed by atoms with Crippen molar-refractivity contribution in [2.75, 3.05) is 5.01 Å². The Morgan fingerprint density at radius 1 is 1.03 bits per heavy atom. The summed E-state index contributed by atoms with van der Waals surface area (Å²) >= 11 is 1.63. The van der Waals surface area contributed by atoms with E-state index >= 15 is 0 Å². The van der Waals surface area contributed by atoms with Crippen LogP contribution in [0.5, 0.6) is 0 Å². The molecule has 1 aliphatic rings. The molecule has 4 aromatic rings. The molecule has 0 fully saturated rings. The average Bonchev–Trinajstić information content (AvgIpc) is 3.55. The van der Waals surface area contributed by atoms with Crippen LogP contribution < -0.4 is 5.01 Å². The van der Waals surface area contributed by atoms with Gasteiger partial charge in [-0.05, 0) is 66.6 Å². The van der Waals surface area contributed by atoms with Crippen molar-refractivity contribution in [2.24, 2.45) is 11.0 Å². The molecule has 0 spiro atoms. The van der Waals surface area contributed by atoms with E-state index in [4.69, 9.17) is 14.5 Å². The normalized spacial score (nSPS) is 15.5. The molecule has 1 aliphatic heterocycles. The Bertz CT molecular complexity index is 1280. The number of benzene rings is 2. The van der Waals surface area contributed by atoms with E-state index in [0.717, 1.165) is 46.3 Å². The fourth-order valence-corrected chi connectivity index (χ4v) is 5.10. The summed E-state index contributed by atoms with van der Waals surface area (Å²) in [5.74, 6) is 1.56. The van der Waals surface area contributed by atoms with Crippen LogP contribution in [-0.4, -0.2) is 10.7 Å². The molecule has 0 N–H and O–H groups in total. The van der Waals surface area contributed by atoms with E-state index in [2.05, 4.69) is 75.5 Å². The molecule has 6 heteroatoms. The minimum Gasteiger partial charge on any atom is -0.467 e. The second-order valence-electron chi connectivity index (χ2n) is 9.24. The summed E-state index contributed by atoms with van der Waals surface area (Å²) in [7, 11) is 0. The fraction of sp³-hybridized carbons (Fsp3) is 0.286. The van der Waals surface area contributed by atoms with Crippen molar-refractivity contribution >= 4 is 39.2 Å². The number of nitrogens with zero attached hydrogens (tertiary/aromatic N) is 3. The van der Waals surface area contributed by atoms with E-state index in [9.17, 15) is 0 Å². The zero-order chi connectivity index (χ0) is 22.9. The molecule has 0 saturated heterocycles. The molecule has 176 valence electrons. The first-order chi connectivity index (χ1) is 16.0. The van der Waals surface area contributed by atoms with Gasteiger partial charge in [0.05, 0.1) is 17.7 Å². The molecule has 1 atom stereocenters. The number of hydrazone groups is 1. The molecule has 34 heavy (non-hydrogen) atoms. The van der Waals surface area contributed by atoms with E-state index in [1.54, 1.807) is 17.6 Å². The quantitative estimate of drug-likeness (QED) is 0.250. The highest BCUT2D eigenvalue weighted by Crippen LogP contribution is 2.39. The lowest BCUT2D eigenvalue weighted by Crippen LogP contribution is -2.17. The van der Waals surface area contributed by atoms with Crippen molar-refractivity contribution in [3.63, 3.8) is 0 Å². The van der Waals surface area contributed by atoms with Crippen LogP contribution in [0.2, 0.25) is 0 Å². The van der Waals surface area contributed by atoms with Gasteiger partial charge in [-0.2, -0.15) is 5.10 Å². The van der Waals surface area contributed by atoms with Crippen LogP contribution in [-0.2, 0) is 6.42 Å². The van der Waals surface area contributed by atoms with E-state index in [1.807, 2.05) is 17.1 Å². The minimum atomic E-state index is 0. The Kier molecular flexibility index (Phi) is 7.39. The lowest BCUT2D eigenvalue weighted by atomic mass is 9.98. The first-order valence-electron chi connectivity index (χ1n) is 11.5. The van der Waals surface area contributed by atoms with Crippen molar-refractivity contribution in [3.05, 3.63) is 94.3 Å². The van der Waals surface area contributed by atoms with Crippen LogP contribution >= 0.6 is 28.3 Å². The molecular formula is C28H30BrN3OS. The summed E-state index contributed by atoms with van der Waals surface area (Å²) in [6, 6.07) is 19.3. The molecule has 4 nitrogen and oxygen atoms in total. The van der Waals surface area contributed by atoms with Crippen molar-refractivity contribution in [3.8, 4) is 11.3 Å². The van der Waals surface area contributed by atoms with Crippen LogP contribution in [0, 0.1) is 19.8 Å². The highest BCUT2D eigenvalue weighted by molar-refractivity contribution is 8.93. The Balaban J connectivity index is 0.00000274. The maximum absolute atomic E-state index is 5.80. The molecule has 0 saturated carbocycles. The van der Waals surface area contributed by atoms with Gasteiger partial charge < -0.3 is 4.42 Å². The number of aromatic nitrogens is 1. The van der Waals surface area contributed by atoms with Crippen molar-refractivity contribution in [1.29, 1.82) is 0 Å². The lowest BCUT2D eigenvalue weighted by Gasteiger charge is -2.18. The lowest BCUT2D eigenvalue weighted by molar-refractivity contribution is 0.465. The van der Waals surface area contributed by atoms with Crippen molar-refractivity contribution in [2.45, 2.75) is 46.6 Å². The molecule has 0 aliphatic carbocycles. The third kappa shape index (κ3) is 5.03. The first kappa shape index (κ1) is 24.4. The number of halogens is 1. The van der Waals surface area contributed by atoms with Gasteiger partial charge in [-0.15, -0.1) is 28.3 Å². The van der Waals surface area contributed by atoms with Crippen molar-refractivity contribution in [1.82, 2.24) is 4.98 Å². The molecule has 2 aromatic carbocycles. The van der Waals surface area contributed by atoms with Gasteiger partial charge in [0, 0.05) is 17.4 Å². The maximum Gasteiger partial charge on any atom is 0.207 e. The number of aryl methyl sites for hydroxylation is 2. The molecule has 0 amide bonds. The summed E-state index contributed by atoms with van der Waals surface area (Å²) < 4.78 is 5.80. The summed E-state index contributed by atoms with van der Waals surface area (Å²) in [6.45, 7) is 8.78. The number of thiazole rings is 1. The van der Waals surface area contributed by atoms with Crippen molar-refractivity contribution < 1.29 is 4.42 Å². The summed E-state index contributed by atoms with van der Waals surface area (Å²) in [5, 5.41) is 10.1. The number of anilines is 1. The van der Waals surface area contributed by atoms with Crippen LogP contribution in [0.15, 0.2) is 75.8 Å². The molecule has 3 heterocycles. The van der Waals surface area contributed by atoms with E-state index < -0.39 is 0 Å². The molecule has 0 bridgehead atoms. The van der Waals surface area contributed by atoms with Gasteiger partial charge in [0.15, 0.2) is 0 Å². The Morgan fingerprint density at radius 2 is 1.79 bits per heavy atom. The van der Waals surface area contributed by atoms with Gasteiger partial charge in [-0.25, -0.2) is 9.99 Å². The zero-order valence-electron chi connectivity index (χ0n) is 20.0. The van der Waals surface area contributed by atoms with Gasteiger partial charge in [-0.1, -0.05) is 50.2 Å². The SMILES string of the molecule is Br.Cc1ccc(-c2csc(N3N=C(c4ccc(CC(C)C)cc4)CC3c3ccco3)n2)cc1C. The van der Waals surface area contributed by atoms with E-state index in [0.29, 0.717) is 5.92 Å². The Labute approximate surface area is 216 Å².